The summed E-state index contributed by atoms with van der Waals surface area (Å²) < 4.78 is 11.1. The first kappa shape index (κ1) is 14.5. The van der Waals surface area contributed by atoms with E-state index >= 15 is 0 Å². The van der Waals surface area contributed by atoms with Crippen molar-refractivity contribution in [2.75, 3.05) is 26.4 Å². The van der Waals surface area contributed by atoms with Crippen LogP contribution in [0.15, 0.2) is 18.2 Å². The van der Waals surface area contributed by atoms with Crippen LogP contribution in [0.3, 0.4) is 0 Å². The fourth-order valence-electron chi connectivity index (χ4n) is 2.61. The molecule has 19 heavy (non-hydrogen) atoms. The summed E-state index contributed by atoms with van der Waals surface area (Å²) in [4.78, 5) is 0. The molecule has 1 fully saturated rings. The van der Waals surface area contributed by atoms with Gasteiger partial charge in [0.25, 0.3) is 0 Å². The standard InChI is InChI=1S/C16H25NO2/c1-12-3-4-15(13(2)9-12)16(17)11-19-10-14-5-7-18-8-6-14/h3-4,9,14,16H,5-8,10-11,17H2,1-2H3. The van der Waals surface area contributed by atoms with Gasteiger partial charge in [-0.3, -0.25) is 0 Å². The molecule has 0 aliphatic carbocycles. The third-order valence-electron chi connectivity index (χ3n) is 3.82. The SMILES string of the molecule is Cc1ccc(C(N)COCC2CCOCC2)c(C)c1. The summed E-state index contributed by atoms with van der Waals surface area (Å²) in [5.41, 5.74) is 9.93. The molecule has 1 aromatic carbocycles. The number of rotatable bonds is 5. The molecule has 0 aromatic heterocycles. The number of hydrogen-bond acceptors (Lipinski definition) is 3. The molecule has 1 aliphatic heterocycles. The lowest BCUT2D eigenvalue weighted by Gasteiger charge is -2.23. The molecule has 3 nitrogen and oxygen atoms in total. The first-order valence-electron chi connectivity index (χ1n) is 7.15. The molecule has 106 valence electrons. The first-order valence-corrected chi connectivity index (χ1v) is 7.15. The maximum atomic E-state index is 6.21. The van der Waals surface area contributed by atoms with Crippen molar-refractivity contribution in [3.63, 3.8) is 0 Å². The molecule has 1 saturated heterocycles. The molecule has 1 atom stereocenters. The third kappa shape index (κ3) is 4.30. The van der Waals surface area contributed by atoms with Crippen LogP contribution in [0.2, 0.25) is 0 Å². The van der Waals surface area contributed by atoms with E-state index in [9.17, 15) is 0 Å². The lowest BCUT2D eigenvalue weighted by molar-refractivity contribution is 0.0174. The van der Waals surface area contributed by atoms with E-state index in [4.69, 9.17) is 15.2 Å². The number of nitrogens with two attached hydrogens (primary N) is 1. The van der Waals surface area contributed by atoms with Gasteiger partial charge in [0.15, 0.2) is 0 Å². The van der Waals surface area contributed by atoms with E-state index in [0.29, 0.717) is 12.5 Å². The van der Waals surface area contributed by atoms with Gasteiger partial charge in [0.05, 0.1) is 12.6 Å². The van der Waals surface area contributed by atoms with Gasteiger partial charge in [0.2, 0.25) is 0 Å². The maximum Gasteiger partial charge on any atom is 0.0659 e. The second-order valence-electron chi connectivity index (χ2n) is 5.56. The predicted molar refractivity (Wildman–Crippen MR) is 77.2 cm³/mol. The Bertz CT molecular complexity index is 400. The van der Waals surface area contributed by atoms with Gasteiger partial charge in [0, 0.05) is 19.8 Å². The Labute approximate surface area is 116 Å². The summed E-state index contributed by atoms with van der Waals surface area (Å²) in [5.74, 6) is 0.639. The number of ether oxygens (including phenoxy) is 2. The highest BCUT2D eigenvalue weighted by molar-refractivity contribution is 5.32. The van der Waals surface area contributed by atoms with Crippen LogP contribution >= 0.6 is 0 Å². The monoisotopic (exact) mass is 263 g/mol. The molecule has 0 saturated carbocycles. The van der Waals surface area contributed by atoms with Crippen LogP contribution in [0.1, 0.15) is 35.6 Å². The van der Waals surface area contributed by atoms with E-state index < -0.39 is 0 Å². The Morgan fingerprint density at radius 3 is 2.74 bits per heavy atom. The average Bonchev–Trinajstić information content (AvgIpc) is 2.39. The van der Waals surface area contributed by atoms with E-state index in [2.05, 4.69) is 32.0 Å². The topological polar surface area (TPSA) is 44.5 Å². The first-order chi connectivity index (χ1) is 9.16. The van der Waals surface area contributed by atoms with Gasteiger partial charge in [0.1, 0.15) is 0 Å². The molecular formula is C16H25NO2. The Kier molecular flexibility index (Phi) is 5.37. The van der Waals surface area contributed by atoms with Gasteiger partial charge in [-0.05, 0) is 43.7 Å². The summed E-state index contributed by atoms with van der Waals surface area (Å²) in [6, 6.07) is 6.38. The van der Waals surface area contributed by atoms with Crippen molar-refractivity contribution < 1.29 is 9.47 Å². The minimum atomic E-state index is -0.0274. The molecule has 0 spiro atoms. The van der Waals surface area contributed by atoms with Crippen LogP contribution in [0.4, 0.5) is 0 Å². The van der Waals surface area contributed by atoms with Crippen molar-refractivity contribution in [2.24, 2.45) is 11.7 Å². The average molecular weight is 263 g/mol. The zero-order valence-electron chi connectivity index (χ0n) is 12.0. The zero-order valence-corrected chi connectivity index (χ0v) is 12.0. The van der Waals surface area contributed by atoms with Crippen molar-refractivity contribution in [1.82, 2.24) is 0 Å². The fraction of sp³-hybridized carbons (Fsp3) is 0.625. The second kappa shape index (κ2) is 7.04. The van der Waals surface area contributed by atoms with Crippen LogP contribution in [0.5, 0.6) is 0 Å². The molecule has 1 unspecified atom stereocenters. The fourth-order valence-corrected chi connectivity index (χ4v) is 2.61. The van der Waals surface area contributed by atoms with E-state index in [1.165, 1.54) is 16.7 Å². The highest BCUT2D eigenvalue weighted by atomic mass is 16.5. The van der Waals surface area contributed by atoms with Gasteiger partial charge in [-0.2, -0.15) is 0 Å². The van der Waals surface area contributed by atoms with Gasteiger partial charge in [-0.25, -0.2) is 0 Å². The third-order valence-corrected chi connectivity index (χ3v) is 3.82. The Hall–Kier alpha value is -0.900. The highest BCUT2D eigenvalue weighted by Crippen LogP contribution is 2.19. The van der Waals surface area contributed by atoms with Gasteiger partial charge in [-0.15, -0.1) is 0 Å². The van der Waals surface area contributed by atoms with Crippen molar-refractivity contribution in [2.45, 2.75) is 32.7 Å². The summed E-state index contributed by atoms with van der Waals surface area (Å²) >= 11 is 0. The molecular weight excluding hydrogens is 238 g/mol. The summed E-state index contributed by atoms with van der Waals surface area (Å²) in [6.07, 6.45) is 2.22. The normalized spacial score (nSPS) is 18.5. The Morgan fingerprint density at radius 1 is 1.32 bits per heavy atom. The highest BCUT2D eigenvalue weighted by Gasteiger charge is 2.15. The van der Waals surface area contributed by atoms with Crippen molar-refractivity contribution in [3.05, 3.63) is 34.9 Å². The smallest absolute Gasteiger partial charge is 0.0659 e. The van der Waals surface area contributed by atoms with E-state index in [0.717, 1.165) is 32.7 Å². The van der Waals surface area contributed by atoms with E-state index in [1.54, 1.807) is 0 Å². The van der Waals surface area contributed by atoms with Crippen molar-refractivity contribution in [3.8, 4) is 0 Å². The molecule has 3 heteroatoms. The number of benzene rings is 1. The molecule has 2 N–H and O–H groups in total. The second-order valence-corrected chi connectivity index (χ2v) is 5.56. The minimum Gasteiger partial charge on any atom is -0.381 e. The molecule has 1 aliphatic rings. The quantitative estimate of drug-likeness (QED) is 0.888. The maximum absolute atomic E-state index is 6.21. The predicted octanol–water partition coefficient (Wildman–Crippen LogP) is 2.75. The minimum absolute atomic E-state index is 0.0274. The van der Waals surface area contributed by atoms with Crippen LogP contribution in [-0.2, 0) is 9.47 Å². The van der Waals surface area contributed by atoms with Crippen LogP contribution in [-0.4, -0.2) is 26.4 Å². The molecule has 1 aromatic rings. The summed E-state index contributed by atoms with van der Waals surface area (Å²) in [5, 5.41) is 0. The molecule has 0 bridgehead atoms. The summed E-state index contributed by atoms with van der Waals surface area (Å²) in [6.45, 7) is 7.36. The van der Waals surface area contributed by atoms with Crippen molar-refractivity contribution >= 4 is 0 Å². The van der Waals surface area contributed by atoms with Gasteiger partial charge in [-0.1, -0.05) is 23.8 Å². The van der Waals surface area contributed by atoms with Crippen LogP contribution < -0.4 is 5.73 Å². The van der Waals surface area contributed by atoms with E-state index in [1.807, 2.05) is 0 Å². The van der Waals surface area contributed by atoms with Crippen LogP contribution in [0, 0.1) is 19.8 Å². The molecule has 2 rings (SSSR count). The van der Waals surface area contributed by atoms with Crippen molar-refractivity contribution in [1.29, 1.82) is 0 Å². The number of hydrogen-bond donors (Lipinski definition) is 1. The zero-order chi connectivity index (χ0) is 13.7. The van der Waals surface area contributed by atoms with Gasteiger partial charge >= 0.3 is 0 Å². The lowest BCUT2D eigenvalue weighted by atomic mass is 10.00. The molecule has 0 amide bonds. The van der Waals surface area contributed by atoms with E-state index in [-0.39, 0.29) is 6.04 Å². The molecule has 1 heterocycles. The Morgan fingerprint density at radius 2 is 2.05 bits per heavy atom. The van der Waals surface area contributed by atoms with Gasteiger partial charge < -0.3 is 15.2 Å². The lowest BCUT2D eigenvalue weighted by Crippen LogP contribution is -2.24. The number of aryl methyl sites for hydroxylation is 2. The van der Waals surface area contributed by atoms with Crippen LogP contribution in [0.25, 0.3) is 0 Å². The largest absolute Gasteiger partial charge is 0.381 e. The Balaban J connectivity index is 1.78. The molecule has 0 radical (unpaired) electrons. The summed E-state index contributed by atoms with van der Waals surface area (Å²) in [7, 11) is 0.